The van der Waals surface area contributed by atoms with Crippen molar-refractivity contribution >= 4 is 12.4 Å². The van der Waals surface area contributed by atoms with E-state index in [0.29, 0.717) is 17.4 Å². The Kier molecular flexibility index (Phi) is 4.93. The Labute approximate surface area is 168 Å². The van der Waals surface area contributed by atoms with Crippen molar-refractivity contribution in [3.05, 3.63) is 59.5 Å². The zero-order valence-corrected chi connectivity index (χ0v) is 16.1. The molecular formula is C20H19ClN6O. The number of H-pyrrole nitrogens is 1. The fourth-order valence-corrected chi connectivity index (χ4v) is 3.47. The maximum Gasteiger partial charge on any atom is 0.276 e. The van der Waals surface area contributed by atoms with Crippen molar-refractivity contribution < 1.29 is 4.52 Å². The molecule has 1 aromatic carbocycles. The Morgan fingerprint density at radius 1 is 1.07 bits per heavy atom. The van der Waals surface area contributed by atoms with Crippen LogP contribution >= 0.6 is 12.4 Å². The van der Waals surface area contributed by atoms with Crippen molar-refractivity contribution in [1.29, 1.82) is 0 Å². The van der Waals surface area contributed by atoms with Gasteiger partial charge < -0.3 is 14.8 Å². The molecule has 0 amide bonds. The molecule has 0 saturated heterocycles. The largest absolute Gasteiger partial charge is 0.334 e. The molecule has 0 aliphatic carbocycles. The van der Waals surface area contributed by atoms with Crippen LogP contribution in [0.1, 0.15) is 16.8 Å². The van der Waals surface area contributed by atoms with Gasteiger partial charge in [-0.3, -0.25) is 4.98 Å². The molecular weight excluding hydrogens is 376 g/mol. The molecule has 0 unspecified atom stereocenters. The summed E-state index contributed by atoms with van der Waals surface area (Å²) >= 11 is 0. The van der Waals surface area contributed by atoms with Crippen LogP contribution in [0.3, 0.4) is 0 Å². The van der Waals surface area contributed by atoms with Crippen molar-refractivity contribution in [2.24, 2.45) is 0 Å². The highest BCUT2D eigenvalue weighted by Crippen LogP contribution is 2.30. The molecule has 4 heterocycles. The summed E-state index contributed by atoms with van der Waals surface area (Å²) in [6.07, 6.45) is 4.58. The lowest BCUT2D eigenvalue weighted by Gasteiger charge is -2.19. The van der Waals surface area contributed by atoms with Gasteiger partial charge in [0.2, 0.25) is 5.82 Å². The summed E-state index contributed by atoms with van der Waals surface area (Å²) in [5.74, 6) is 1.77. The number of halogens is 1. The third-order valence-electron chi connectivity index (χ3n) is 4.84. The van der Waals surface area contributed by atoms with Gasteiger partial charge >= 0.3 is 0 Å². The van der Waals surface area contributed by atoms with E-state index in [1.165, 1.54) is 11.1 Å². The van der Waals surface area contributed by atoms with Crippen molar-refractivity contribution in [1.82, 2.24) is 30.4 Å². The molecule has 0 bridgehead atoms. The smallest absolute Gasteiger partial charge is 0.276 e. The van der Waals surface area contributed by atoms with Gasteiger partial charge in [0.25, 0.3) is 5.89 Å². The molecule has 8 heteroatoms. The van der Waals surface area contributed by atoms with Gasteiger partial charge in [-0.15, -0.1) is 12.4 Å². The van der Waals surface area contributed by atoms with E-state index in [0.717, 1.165) is 42.2 Å². The molecule has 0 saturated carbocycles. The molecule has 28 heavy (non-hydrogen) atoms. The molecule has 1 aliphatic heterocycles. The third kappa shape index (κ3) is 3.19. The lowest BCUT2D eigenvalue weighted by molar-refractivity contribution is 0.431. The van der Waals surface area contributed by atoms with E-state index < -0.39 is 0 Å². The Bertz CT molecular complexity index is 1110. The van der Waals surface area contributed by atoms with Gasteiger partial charge in [-0.1, -0.05) is 35.5 Å². The number of nitrogens with one attached hydrogen (secondary N) is 2. The third-order valence-corrected chi connectivity index (χ3v) is 4.84. The van der Waals surface area contributed by atoms with E-state index in [1.807, 2.05) is 43.5 Å². The molecule has 0 radical (unpaired) electrons. The minimum atomic E-state index is 0. The molecule has 0 spiro atoms. The van der Waals surface area contributed by atoms with E-state index >= 15 is 0 Å². The SMILES string of the molecule is Cc1ncc2c(c1-c1noc(-c3cnc(-c4ccccc4)[nH]3)n1)CCNC2.Cl. The number of hydrogen-bond donors (Lipinski definition) is 2. The summed E-state index contributed by atoms with van der Waals surface area (Å²) in [6.45, 7) is 3.74. The summed E-state index contributed by atoms with van der Waals surface area (Å²) in [5.41, 5.74) is 6.05. The minimum Gasteiger partial charge on any atom is -0.334 e. The maximum absolute atomic E-state index is 5.52. The molecule has 3 aromatic heterocycles. The van der Waals surface area contributed by atoms with Crippen LogP contribution in [0.5, 0.6) is 0 Å². The molecule has 4 aromatic rings. The van der Waals surface area contributed by atoms with Crippen molar-refractivity contribution in [3.63, 3.8) is 0 Å². The number of hydrogen-bond acceptors (Lipinski definition) is 6. The monoisotopic (exact) mass is 394 g/mol. The molecule has 2 N–H and O–H groups in total. The lowest BCUT2D eigenvalue weighted by Crippen LogP contribution is -2.24. The number of pyridine rings is 1. The summed E-state index contributed by atoms with van der Waals surface area (Å²) in [5, 5.41) is 7.59. The topological polar surface area (TPSA) is 92.5 Å². The highest BCUT2D eigenvalue weighted by molar-refractivity contribution is 5.85. The van der Waals surface area contributed by atoms with E-state index in [2.05, 4.69) is 30.4 Å². The zero-order chi connectivity index (χ0) is 18.2. The van der Waals surface area contributed by atoms with Crippen LogP contribution in [0, 0.1) is 6.92 Å². The Balaban J connectivity index is 0.00000192. The normalized spacial score (nSPS) is 13.0. The standard InChI is InChI=1S/C20H18N6O.ClH/c1-12-17(15-7-8-21-9-14(15)10-22-12)19-25-20(27-26-19)16-11-23-18(24-16)13-5-3-2-4-6-13;/h2-6,10-11,21H,7-9H2,1H3,(H,23,24);1H. The van der Waals surface area contributed by atoms with Crippen LogP contribution < -0.4 is 5.32 Å². The van der Waals surface area contributed by atoms with Gasteiger partial charge in [-0.25, -0.2) is 4.98 Å². The minimum absolute atomic E-state index is 0. The van der Waals surface area contributed by atoms with Gasteiger partial charge in [0.05, 0.1) is 6.20 Å². The Hall–Kier alpha value is -3.03. The number of aromatic nitrogens is 5. The molecule has 0 fully saturated rings. The van der Waals surface area contributed by atoms with Crippen molar-refractivity contribution in [3.8, 4) is 34.4 Å². The summed E-state index contributed by atoms with van der Waals surface area (Å²) < 4.78 is 5.52. The summed E-state index contributed by atoms with van der Waals surface area (Å²) in [6, 6.07) is 9.93. The zero-order valence-electron chi connectivity index (χ0n) is 15.3. The molecule has 7 nitrogen and oxygen atoms in total. The average Bonchev–Trinajstić information content (AvgIpc) is 3.38. The molecule has 1 aliphatic rings. The van der Waals surface area contributed by atoms with Gasteiger partial charge in [-0.2, -0.15) is 4.98 Å². The van der Waals surface area contributed by atoms with Crippen LogP contribution in [-0.2, 0) is 13.0 Å². The quantitative estimate of drug-likeness (QED) is 0.552. The predicted octanol–water partition coefficient (Wildman–Crippen LogP) is 3.56. The number of rotatable bonds is 3. The van der Waals surface area contributed by atoms with Gasteiger partial charge in [0.1, 0.15) is 11.5 Å². The first-order valence-corrected chi connectivity index (χ1v) is 8.92. The number of nitrogens with zero attached hydrogens (tertiary/aromatic N) is 4. The first-order chi connectivity index (χ1) is 13.3. The highest BCUT2D eigenvalue weighted by Gasteiger charge is 2.22. The first kappa shape index (κ1) is 18.3. The first-order valence-electron chi connectivity index (χ1n) is 8.92. The molecule has 142 valence electrons. The number of benzene rings is 1. The second kappa shape index (κ2) is 7.53. The fraction of sp³-hybridized carbons (Fsp3) is 0.200. The molecule has 0 atom stereocenters. The van der Waals surface area contributed by atoms with Crippen LogP contribution in [0.25, 0.3) is 34.4 Å². The van der Waals surface area contributed by atoms with Crippen molar-refractivity contribution in [2.45, 2.75) is 19.9 Å². The number of aryl methyl sites for hydroxylation is 1. The summed E-state index contributed by atoms with van der Waals surface area (Å²) in [4.78, 5) is 16.8. The van der Waals surface area contributed by atoms with Crippen LogP contribution in [-0.4, -0.2) is 31.6 Å². The van der Waals surface area contributed by atoms with E-state index in [9.17, 15) is 0 Å². The van der Waals surface area contributed by atoms with Gasteiger partial charge in [-0.05, 0) is 31.0 Å². The van der Waals surface area contributed by atoms with Crippen LogP contribution in [0.15, 0.2) is 47.2 Å². The van der Waals surface area contributed by atoms with E-state index in [-0.39, 0.29) is 12.4 Å². The number of fused-ring (bicyclic) bond motifs is 1. The lowest BCUT2D eigenvalue weighted by atomic mass is 9.95. The van der Waals surface area contributed by atoms with Gasteiger partial charge in [0.15, 0.2) is 0 Å². The molecule has 5 rings (SSSR count). The van der Waals surface area contributed by atoms with Gasteiger partial charge in [0, 0.05) is 29.6 Å². The highest BCUT2D eigenvalue weighted by atomic mass is 35.5. The number of aromatic amines is 1. The number of imidazole rings is 1. The Morgan fingerprint density at radius 2 is 1.93 bits per heavy atom. The van der Waals surface area contributed by atoms with Crippen LogP contribution in [0.4, 0.5) is 0 Å². The average molecular weight is 395 g/mol. The second-order valence-corrected chi connectivity index (χ2v) is 6.58. The second-order valence-electron chi connectivity index (χ2n) is 6.58. The van der Waals surface area contributed by atoms with Crippen LogP contribution in [0.2, 0.25) is 0 Å². The maximum atomic E-state index is 5.52. The van der Waals surface area contributed by atoms with E-state index in [1.54, 1.807) is 6.20 Å². The predicted molar refractivity (Wildman–Crippen MR) is 108 cm³/mol. The Morgan fingerprint density at radius 3 is 2.79 bits per heavy atom. The fourth-order valence-electron chi connectivity index (χ4n) is 3.47. The van der Waals surface area contributed by atoms with E-state index in [4.69, 9.17) is 4.52 Å². The summed E-state index contributed by atoms with van der Waals surface area (Å²) in [7, 11) is 0. The van der Waals surface area contributed by atoms with Crippen molar-refractivity contribution in [2.75, 3.05) is 6.54 Å².